The van der Waals surface area contributed by atoms with Crippen LogP contribution in [-0.4, -0.2) is 28.5 Å². The van der Waals surface area contributed by atoms with Gasteiger partial charge in [-0.05, 0) is 36.2 Å². The van der Waals surface area contributed by atoms with E-state index in [0.29, 0.717) is 13.1 Å². The molecule has 1 aromatic heterocycles. The number of para-hydroxylation sites is 2. The van der Waals surface area contributed by atoms with Crippen LogP contribution < -0.4 is 16.2 Å². The minimum Gasteiger partial charge on any atom is -0.356 e. The third-order valence-electron chi connectivity index (χ3n) is 4.95. The second-order valence-corrected chi connectivity index (χ2v) is 6.73. The number of amides is 1. The van der Waals surface area contributed by atoms with Crippen LogP contribution >= 0.6 is 0 Å². The molecule has 140 valence electrons. The number of rotatable bonds is 6. The van der Waals surface area contributed by atoms with Crippen molar-refractivity contribution in [2.24, 2.45) is 5.92 Å². The number of carbonyl (C=O) groups excluding carboxylic acids is 1. The molecule has 27 heavy (non-hydrogen) atoms. The first-order chi connectivity index (χ1) is 13.2. The number of nitrogens with zero attached hydrogens (tertiary/aromatic N) is 2. The molecule has 1 aliphatic heterocycles. The van der Waals surface area contributed by atoms with E-state index < -0.39 is 0 Å². The number of fused-ring (bicyclic) bond motifs is 1. The summed E-state index contributed by atoms with van der Waals surface area (Å²) in [7, 11) is 0. The van der Waals surface area contributed by atoms with E-state index in [0.717, 1.165) is 29.6 Å². The predicted octanol–water partition coefficient (Wildman–Crippen LogP) is 2.15. The van der Waals surface area contributed by atoms with Crippen molar-refractivity contribution in [2.75, 3.05) is 13.1 Å². The maximum Gasteiger partial charge on any atom is 0.226 e. The van der Waals surface area contributed by atoms with Crippen LogP contribution in [0.15, 0.2) is 54.9 Å². The monoisotopic (exact) mass is 367 g/mol. The molecular weight excluding hydrogens is 345 g/mol. The number of carbonyl (C=O) groups is 1. The van der Waals surface area contributed by atoms with Crippen LogP contribution in [0.5, 0.6) is 0 Å². The zero-order valence-corrected chi connectivity index (χ0v) is 14.9. The Morgan fingerprint density at radius 2 is 2.04 bits per heavy atom. The summed E-state index contributed by atoms with van der Waals surface area (Å²) in [4.78, 5) is 17.0. The molecule has 1 aliphatic rings. The third-order valence-corrected chi connectivity index (χ3v) is 4.95. The summed E-state index contributed by atoms with van der Waals surface area (Å²) in [5.74, 6) is -0.514. The van der Waals surface area contributed by atoms with Gasteiger partial charge in [-0.2, -0.15) is 0 Å². The minimum atomic E-state index is -0.280. The van der Waals surface area contributed by atoms with E-state index in [-0.39, 0.29) is 23.7 Å². The Kier molecular flexibility index (Phi) is 5.13. The Morgan fingerprint density at radius 3 is 2.89 bits per heavy atom. The van der Waals surface area contributed by atoms with Gasteiger partial charge >= 0.3 is 0 Å². The largest absolute Gasteiger partial charge is 0.356 e. The molecule has 0 bridgehead atoms. The molecule has 0 spiro atoms. The van der Waals surface area contributed by atoms with Gasteiger partial charge in [-0.15, -0.1) is 0 Å². The molecule has 1 fully saturated rings. The van der Waals surface area contributed by atoms with E-state index in [2.05, 4.69) is 25.7 Å². The van der Waals surface area contributed by atoms with Gasteiger partial charge in [0.15, 0.2) is 0 Å². The molecular formula is C20H22FN5O. The van der Waals surface area contributed by atoms with Crippen LogP contribution in [-0.2, 0) is 11.3 Å². The summed E-state index contributed by atoms with van der Waals surface area (Å²) in [5.41, 5.74) is 9.12. The van der Waals surface area contributed by atoms with Crippen molar-refractivity contribution in [1.29, 1.82) is 0 Å². The van der Waals surface area contributed by atoms with Crippen LogP contribution in [0.2, 0.25) is 0 Å². The molecule has 2 aromatic carbocycles. The Balaban J connectivity index is 1.30. The first kappa shape index (κ1) is 17.6. The summed E-state index contributed by atoms with van der Waals surface area (Å²) in [6.45, 7) is 1.93. The van der Waals surface area contributed by atoms with E-state index >= 15 is 0 Å². The lowest BCUT2D eigenvalue weighted by Crippen LogP contribution is -2.35. The molecule has 2 heterocycles. The highest BCUT2D eigenvalue weighted by atomic mass is 19.1. The Morgan fingerprint density at radius 1 is 1.22 bits per heavy atom. The number of nitrogens with one attached hydrogen (secondary N) is 3. The van der Waals surface area contributed by atoms with E-state index in [1.807, 2.05) is 30.6 Å². The summed E-state index contributed by atoms with van der Waals surface area (Å²) >= 11 is 0. The molecule has 1 amide bonds. The van der Waals surface area contributed by atoms with Gasteiger partial charge in [0.1, 0.15) is 5.82 Å². The summed E-state index contributed by atoms with van der Waals surface area (Å²) in [5, 5.41) is 3.02. The summed E-state index contributed by atoms with van der Waals surface area (Å²) < 4.78 is 15.2. The summed E-state index contributed by atoms with van der Waals surface area (Å²) in [6.07, 6.45) is 2.66. The summed E-state index contributed by atoms with van der Waals surface area (Å²) in [6, 6.07) is 14.1. The SMILES string of the molecule is O=C(NCCCn1cnc2ccccc21)C1CNNC1c1ccc(F)cc1. The van der Waals surface area contributed by atoms with Crippen LogP contribution in [0, 0.1) is 11.7 Å². The maximum absolute atomic E-state index is 13.1. The Bertz CT molecular complexity index is 924. The van der Waals surface area contributed by atoms with Gasteiger partial charge in [0.2, 0.25) is 5.91 Å². The first-order valence-corrected chi connectivity index (χ1v) is 9.14. The number of aromatic nitrogens is 2. The van der Waals surface area contributed by atoms with E-state index in [1.54, 1.807) is 12.1 Å². The van der Waals surface area contributed by atoms with Crippen LogP contribution in [0.25, 0.3) is 11.0 Å². The van der Waals surface area contributed by atoms with Crippen LogP contribution in [0.3, 0.4) is 0 Å². The lowest BCUT2D eigenvalue weighted by atomic mass is 9.94. The van der Waals surface area contributed by atoms with E-state index in [1.165, 1.54) is 12.1 Å². The molecule has 2 atom stereocenters. The van der Waals surface area contributed by atoms with Crippen molar-refractivity contribution in [3.8, 4) is 0 Å². The lowest BCUT2D eigenvalue weighted by molar-refractivity contribution is -0.124. The van der Waals surface area contributed by atoms with Gasteiger partial charge in [-0.3, -0.25) is 10.2 Å². The standard InChI is InChI=1S/C20H22FN5O/c21-15-8-6-14(7-9-15)19-16(12-24-25-19)20(27)22-10-3-11-26-13-23-17-4-1-2-5-18(17)26/h1-2,4-9,13,16,19,24-25H,3,10-12H2,(H,22,27). The smallest absolute Gasteiger partial charge is 0.226 e. The molecule has 4 rings (SSSR count). The van der Waals surface area contributed by atoms with Crippen molar-refractivity contribution in [3.63, 3.8) is 0 Å². The molecule has 2 unspecified atom stereocenters. The van der Waals surface area contributed by atoms with Crippen molar-refractivity contribution >= 4 is 16.9 Å². The highest BCUT2D eigenvalue weighted by Gasteiger charge is 2.33. The fourth-order valence-corrected chi connectivity index (χ4v) is 3.51. The molecule has 6 nitrogen and oxygen atoms in total. The maximum atomic E-state index is 13.1. The minimum absolute atomic E-state index is 0.00249. The molecule has 1 saturated heterocycles. The fourth-order valence-electron chi connectivity index (χ4n) is 3.51. The second-order valence-electron chi connectivity index (χ2n) is 6.73. The predicted molar refractivity (Wildman–Crippen MR) is 101 cm³/mol. The number of halogens is 1. The molecule has 0 aliphatic carbocycles. The zero-order chi connectivity index (χ0) is 18.6. The molecule has 3 aromatic rings. The van der Waals surface area contributed by atoms with Crippen molar-refractivity contribution in [1.82, 2.24) is 25.7 Å². The van der Waals surface area contributed by atoms with Crippen LogP contribution in [0.4, 0.5) is 4.39 Å². The second kappa shape index (κ2) is 7.85. The molecule has 0 saturated carbocycles. The van der Waals surface area contributed by atoms with Gasteiger partial charge in [0.05, 0.1) is 29.3 Å². The van der Waals surface area contributed by atoms with Gasteiger partial charge < -0.3 is 9.88 Å². The Labute approximate surface area is 156 Å². The fraction of sp³-hybridized carbons (Fsp3) is 0.300. The van der Waals surface area contributed by atoms with Crippen molar-refractivity contribution in [3.05, 3.63) is 66.2 Å². The number of hydrogen-bond donors (Lipinski definition) is 3. The molecule has 3 N–H and O–H groups in total. The van der Waals surface area contributed by atoms with Gasteiger partial charge in [-0.1, -0.05) is 24.3 Å². The molecule has 7 heteroatoms. The highest BCUT2D eigenvalue weighted by molar-refractivity contribution is 5.80. The molecule has 0 radical (unpaired) electrons. The number of aryl methyl sites for hydroxylation is 1. The van der Waals surface area contributed by atoms with Crippen molar-refractivity contribution in [2.45, 2.75) is 19.0 Å². The van der Waals surface area contributed by atoms with Gasteiger partial charge in [-0.25, -0.2) is 14.8 Å². The van der Waals surface area contributed by atoms with Crippen molar-refractivity contribution < 1.29 is 9.18 Å². The normalized spacial score (nSPS) is 19.4. The lowest BCUT2D eigenvalue weighted by Gasteiger charge is -2.18. The number of benzene rings is 2. The van der Waals surface area contributed by atoms with E-state index in [9.17, 15) is 9.18 Å². The Hall–Kier alpha value is -2.77. The topological polar surface area (TPSA) is 71.0 Å². The number of hydrogen-bond acceptors (Lipinski definition) is 4. The quantitative estimate of drug-likeness (QED) is 0.584. The zero-order valence-electron chi connectivity index (χ0n) is 14.9. The van der Waals surface area contributed by atoms with Gasteiger partial charge in [0, 0.05) is 19.6 Å². The number of hydrazine groups is 1. The average molecular weight is 367 g/mol. The van der Waals surface area contributed by atoms with Gasteiger partial charge in [0.25, 0.3) is 0 Å². The highest BCUT2D eigenvalue weighted by Crippen LogP contribution is 2.25. The van der Waals surface area contributed by atoms with Crippen LogP contribution in [0.1, 0.15) is 18.0 Å². The average Bonchev–Trinajstić information content (AvgIpc) is 3.33. The van der Waals surface area contributed by atoms with E-state index in [4.69, 9.17) is 0 Å². The third kappa shape index (κ3) is 3.84. The first-order valence-electron chi connectivity index (χ1n) is 9.14. The number of imidazole rings is 1.